The summed E-state index contributed by atoms with van der Waals surface area (Å²) >= 11 is 0. The van der Waals surface area contributed by atoms with E-state index in [1.807, 2.05) is 0 Å². The van der Waals surface area contributed by atoms with Gasteiger partial charge in [0.2, 0.25) is 5.76 Å². The number of rotatable bonds is 6. The molecule has 0 bridgehead atoms. The van der Waals surface area contributed by atoms with Crippen LogP contribution in [0, 0.1) is 6.92 Å². The standard InChI is InChI=1S/C15H15F3N2O4/c1-9-5-13(24-20-9)14(22)19-7-11(21)8-23-12-4-2-3-10(6-12)15(16,17)18/h2-6,11,21H,7-8H2,1H3,(H,19,22)/t11-/m0/s1. The number of nitrogens with zero attached hydrogens (tertiary/aromatic N) is 1. The van der Waals surface area contributed by atoms with Crippen LogP contribution in [0.15, 0.2) is 34.9 Å². The number of halogens is 3. The van der Waals surface area contributed by atoms with Gasteiger partial charge < -0.3 is 19.7 Å². The van der Waals surface area contributed by atoms with Gasteiger partial charge in [-0.1, -0.05) is 11.2 Å². The molecule has 0 saturated heterocycles. The van der Waals surface area contributed by atoms with Gasteiger partial charge in [0.05, 0.1) is 11.3 Å². The Morgan fingerprint density at radius 2 is 2.17 bits per heavy atom. The second kappa shape index (κ2) is 7.35. The zero-order valence-corrected chi connectivity index (χ0v) is 12.6. The van der Waals surface area contributed by atoms with E-state index in [9.17, 15) is 23.1 Å². The summed E-state index contributed by atoms with van der Waals surface area (Å²) in [5, 5.41) is 15.7. The summed E-state index contributed by atoms with van der Waals surface area (Å²) in [5.74, 6) is -0.590. The zero-order chi connectivity index (χ0) is 17.7. The Labute approximate surface area is 135 Å². The van der Waals surface area contributed by atoms with Gasteiger partial charge in [-0.2, -0.15) is 13.2 Å². The highest BCUT2D eigenvalue weighted by Gasteiger charge is 2.30. The fourth-order valence-electron chi connectivity index (χ4n) is 1.78. The average Bonchev–Trinajstić information content (AvgIpc) is 2.96. The van der Waals surface area contributed by atoms with E-state index in [4.69, 9.17) is 9.26 Å². The van der Waals surface area contributed by atoms with Crippen molar-refractivity contribution in [1.29, 1.82) is 0 Å². The van der Waals surface area contributed by atoms with Gasteiger partial charge in [0.15, 0.2) is 0 Å². The smallest absolute Gasteiger partial charge is 0.416 e. The predicted octanol–water partition coefficient (Wildman–Crippen LogP) is 2.17. The average molecular weight is 344 g/mol. The number of aliphatic hydroxyl groups excluding tert-OH is 1. The van der Waals surface area contributed by atoms with E-state index in [2.05, 4.69) is 10.5 Å². The highest BCUT2D eigenvalue weighted by Crippen LogP contribution is 2.31. The van der Waals surface area contributed by atoms with Crippen LogP contribution in [0.2, 0.25) is 0 Å². The molecule has 1 heterocycles. The van der Waals surface area contributed by atoms with E-state index in [0.29, 0.717) is 5.69 Å². The second-order valence-electron chi connectivity index (χ2n) is 5.03. The van der Waals surface area contributed by atoms with Crippen molar-refractivity contribution < 1.29 is 32.3 Å². The van der Waals surface area contributed by atoms with Crippen LogP contribution in [0.1, 0.15) is 21.8 Å². The number of hydrogen-bond acceptors (Lipinski definition) is 5. The number of aryl methyl sites for hydroxylation is 1. The van der Waals surface area contributed by atoms with Gasteiger partial charge in [-0.15, -0.1) is 0 Å². The van der Waals surface area contributed by atoms with E-state index in [1.54, 1.807) is 6.92 Å². The molecule has 0 aliphatic carbocycles. The molecule has 0 spiro atoms. The molecular formula is C15H15F3N2O4. The van der Waals surface area contributed by atoms with Crippen molar-refractivity contribution in [3.63, 3.8) is 0 Å². The zero-order valence-electron chi connectivity index (χ0n) is 12.6. The van der Waals surface area contributed by atoms with E-state index >= 15 is 0 Å². The van der Waals surface area contributed by atoms with Crippen molar-refractivity contribution in [2.45, 2.75) is 19.2 Å². The lowest BCUT2D eigenvalue weighted by atomic mass is 10.2. The molecule has 130 valence electrons. The van der Waals surface area contributed by atoms with Gasteiger partial charge >= 0.3 is 6.18 Å². The normalized spacial score (nSPS) is 12.7. The summed E-state index contributed by atoms with van der Waals surface area (Å²) in [6.07, 6.45) is -5.58. The number of carbonyl (C=O) groups excluding carboxylic acids is 1. The molecule has 9 heteroatoms. The minimum absolute atomic E-state index is 0.00139. The Morgan fingerprint density at radius 3 is 2.79 bits per heavy atom. The van der Waals surface area contributed by atoms with E-state index in [0.717, 1.165) is 12.1 Å². The van der Waals surface area contributed by atoms with Crippen molar-refractivity contribution >= 4 is 5.91 Å². The molecular weight excluding hydrogens is 329 g/mol. The highest BCUT2D eigenvalue weighted by atomic mass is 19.4. The lowest BCUT2D eigenvalue weighted by Gasteiger charge is -2.14. The molecule has 0 radical (unpaired) electrons. The molecule has 1 aromatic heterocycles. The molecule has 6 nitrogen and oxygen atoms in total. The highest BCUT2D eigenvalue weighted by molar-refractivity contribution is 5.91. The first-order valence-corrected chi connectivity index (χ1v) is 6.95. The summed E-state index contributed by atoms with van der Waals surface area (Å²) < 4.78 is 47.6. The van der Waals surface area contributed by atoms with Gasteiger partial charge in [0.25, 0.3) is 5.91 Å². The SMILES string of the molecule is Cc1cc(C(=O)NC[C@H](O)COc2cccc(C(F)(F)F)c2)on1. The molecule has 0 fully saturated rings. The second-order valence-corrected chi connectivity index (χ2v) is 5.03. The minimum atomic E-state index is -4.47. The number of carbonyl (C=O) groups is 1. The van der Waals surface area contributed by atoms with E-state index in [1.165, 1.54) is 18.2 Å². The molecule has 24 heavy (non-hydrogen) atoms. The fraction of sp³-hybridized carbons (Fsp3) is 0.333. The number of amides is 1. The number of nitrogens with one attached hydrogen (secondary N) is 1. The maximum absolute atomic E-state index is 12.6. The molecule has 2 aromatic rings. The first-order chi connectivity index (χ1) is 11.3. The molecule has 0 saturated carbocycles. The lowest BCUT2D eigenvalue weighted by Crippen LogP contribution is -2.35. The number of alkyl halides is 3. The third kappa shape index (κ3) is 4.98. The third-order valence-electron chi connectivity index (χ3n) is 2.95. The lowest BCUT2D eigenvalue weighted by molar-refractivity contribution is -0.137. The van der Waals surface area contributed by atoms with Crippen LogP contribution in [0.5, 0.6) is 5.75 Å². The Bertz CT molecular complexity index is 700. The molecule has 2 N–H and O–H groups in total. The van der Waals surface area contributed by atoms with Crippen LogP contribution in [-0.4, -0.2) is 35.4 Å². The molecule has 2 rings (SSSR count). The van der Waals surface area contributed by atoms with Crippen LogP contribution in [0.25, 0.3) is 0 Å². The molecule has 1 aromatic carbocycles. The summed E-state index contributed by atoms with van der Waals surface area (Å²) in [6.45, 7) is 1.21. The van der Waals surface area contributed by atoms with Crippen LogP contribution in [0.3, 0.4) is 0 Å². The first kappa shape index (κ1) is 17.8. The maximum atomic E-state index is 12.6. The Balaban J connectivity index is 1.81. The number of benzene rings is 1. The topological polar surface area (TPSA) is 84.6 Å². The molecule has 1 amide bonds. The Hall–Kier alpha value is -2.55. The third-order valence-corrected chi connectivity index (χ3v) is 2.95. The molecule has 0 aliphatic heterocycles. The summed E-state index contributed by atoms with van der Waals surface area (Å²) in [7, 11) is 0. The van der Waals surface area contributed by atoms with Crippen LogP contribution in [-0.2, 0) is 6.18 Å². The van der Waals surface area contributed by atoms with Crippen molar-refractivity contribution in [3.05, 3.63) is 47.3 Å². The summed E-state index contributed by atoms with van der Waals surface area (Å²) in [6, 6.07) is 5.74. The monoisotopic (exact) mass is 344 g/mol. The predicted molar refractivity (Wildman–Crippen MR) is 76.5 cm³/mol. The van der Waals surface area contributed by atoms with Gasteiger partial charge in [0, 0.05) is 12.6 Å². The number of aliphatic hydroxyl groups is 1. The molecule has 0 aliphatic rings. The number of hydrogen-bond donors (Lipinski definition) is 2. The Kier molecular flexibility index (Phi) is 5.45. The van der Waals surface area contributed by atoms with Gasteiger partial charge in [0.1, 0.15) is 18.5 Å². The van der Waals surface area contributed by atoms with Crippen molar-refractivity contribution in [1.82, 2.24) is 10.5 Å². The first-order valence-electron chi connectivity index (χ1n) is 6.95. The van der Waals surface area contributed by atoms with Crippen molar-refractivity contribution in [2.75, 3.05) is 13.2 Å². The van der Waals surface area contributed by atoms with Crippen LogP contribution < -0.4 is 10.1 Å². The summed E-state index contributed by atoms with van der Waals surface area (Å²) in [5.41, 5.74) is -0.308. The molecule has 0 unspecified atom stereocenters. The van der Waals surface area contributed by atoms with Crippen molar-refractivity contribution in [3.8, 4) is 5.75 Å². The van der Waals surface area contributed by atoms with Gasteiger partial charge in [-0.25, -0.2) is 0 Å². The number of aromatic nitrogens is 1. The maximum Gasteiger partial charge on any atom is 0.416 e. The van der Waals surface area contributed by atoms with Crippen molar-refractivity contribution in [2.24, 2.45) is 0 Å². The summed E-state index contributed by atoms with van der Waals surface area (Å²) in [4.78, 5) is 11.7. The van der Waals surface area contributed by atoms with Crippen LogP contribution >= 0.6 is 0 Å². The van der Waals surface area contributed by atoms with Gasteiger partial charge in [-0.3, -0.25) is 4.79 Å². The molecule has 1 atom stereocenters. The fourth-order valence-corrected chi connectivity index (χ4v) is 1.78. The van der Waals surface area contributed by atoms with Crippen LogP contribution in [0.4, 0.5) is 13.2 Å². The van der Waals surface area contributed by atoms with E-state index in [-0.39, 0.29) is 24.7 Å². The quantitative estimate of drug-likeness (QED) is 0.839. The van der Waals surface area contributed by atoms with E-state index < -0.39 is 23.8 Å². The minimum Gasteiger partial charge on any atom is -0.491 e. The Morgan fingerprint density at radius 1 is 1.42 bits per heavy atom. The van der Waals surface area contributed by atoms with Gasteiger partial charge in [-0.05, 0) is 25.1 Å². The largest absolute Gasteiger partial charge is 0.491 e. The number of ether oxygens (including phenoxy) is 1.